The van der Waals surface area contributed by atoms with Crippen LogP contribution in [0.3, 0.4) is 0 Å². The van der Waals surface area contributed by atoms with E-state index in [2.05, 4.69) is 17.6 Å². The predicted octanol–water partition coefficient (Wildman–Crippen LogP) is 2.08. The Morgan fingerprint density at radius 1 is 1.33 bits per heavy atom. The van der Waals surface area contributed by atoms with Crippen LogP contribution in [0.1, 0.15) is 32.6 Å². The maximum absolute atomic E-state index is 11.9. The third kappa shape index (κ3) is 6.23. The molecule has 0 aliphatic carbocycles. The van der Waals surface area contributed by atoms with E-state index in [0.29, 0.717) is 25.4 Å². The molecular weight excluding hydrogens is 245 g/mol. The van der Waals surface area contributed by atoms with Crippen LogP contribution in [0.15, 0.2) is 0 Å². The number of unbranched alkanes of at least 4 members (excludes halogenated alkanes) is 1. The molecule has 0 aromatic carbocycles. The van der Waals surface area contributed by atoms with Crippen molar-refractivity contribution in [1.82, 2.24) is 10.6 Å². The van der Waals surface area contributed by atoms with Crippen molar-refractivity contribution < 1.29 is 18.0 Å². The van der Waals surface area contributed by atoms with E-state index in [-0.39, 0.29) is 18.2 Å². The summed E-state index contributed by atoms with van der Waals surface area (Å²) in [6, 6.07) is 0. The average molecular weight is 266 g/mol. The fourth-order valence-corrected chi connectivity index (χ4v) is 2.16. The standard InChI is InChI=1S/C12H21F3N2O/c1-9-6-10(8-16-7-9)11(18)17-5-3-2-4-12(13,14)15/h9-10,16H,2-8H2,1H3,(H,17,18). The number of nitrogens with one attached hydrogen (secondary N) is 2. The van der Waals surface area contributed by atoms with E-state index < -0.39 is 12.6 Å². The molecule has 6 heteroatoms. The molecule has 0 aromatic heterocycles. The molecule has 0 saturated carbocycles. The summed E-state index contributed by atoms with van der Waals surface area (Å²) in [4.78, 5) is 11.7. The number of piperidine rings is 1. The Morgan fingerprint density at radius 2 is 2.06 bits per heavy atom. The van der Waals surface area contributed by atoms with Crippen molar-refractivity contribution in [3.05, 3.63) is 0 Å². The summed E-state index contributed by atoms with van der Waals surface area (Å²) in [6.07, 6.45) is -3.57. The summed E-state index contributed by atoms with van der Waals surface area (Å²) in [7, 11) is 0. The van der Waals surface area contributed by atoms with Crippen LogP contribution in [0.4, 0.5) is 13.2 Å². The van der Waals surface area contributed by atoms with Gasteiger partial charge in [0, 0.05) is 19.5 Å². The summed E-state index contributed by atoms with van der Waals surface area (Å²) < 4.78 is 35.6. The molecule has 1 fully saturated rings. The lowest BCUT2D eigenvalue weighted by atomic mass is 9.91. The van der Waals surface area contributed by atoms with Gasteiger partial charge in [-0.05, 0) is 31.7 Å². The average Bonchev–Trinajstić information content (AvgIpc) is 2.26. The molecule has 1 aliphatic rings. The molecule has 0 radical (unpaired) electrons. The van der Waals surface area contributed by atoms with E-state index in [9.17, 15) is 18.0 Å². The number of carbonyl (C=O) groups excluding carboxylic acids is 1. The lowest BCUT2D eigenvalue weighted by Crippen LogP contribution is -2.43. The highest BCUT2D eigenvalue weighted by atomic mass is 19.4. The Labute approximate surface area is 106 Å². The maximum atomic E-state index is 11.9. The van der Waals surface area contributed by atoms with Gasteiger partial charge in [0.15, 0.2) is 0 Å². The Morgan fingerprint density at radius 3 is 2.67 bits per heavy atom. The minimum absolute atomic E-state index is 0.0407. The van der Waals surface area contributed by atoms with Gasteiger partial charge in [0.1, 0.15) is 0 Å². The van der Waals surface area contributed by atoms with Crippen LogP contribution in [-0.2, 0) is 4.79 Å². The van der Waals surface area contributed by atoms with Gasteiger partial charge in [-0.2, -0.15) is 13.2 Å². The normalized spacial score (nSPS) is 24.9. The Bertz CT molecular complexity index is 269. The van der Waals surface area contributed by atoms with Crippen molar-refractivity contribution in [2.45, 2.75) is 38.8 Å². The first-order valence-corrected chi connectivity index (χ1v) is 6.43. The molecule has 18 heavy (non-hydrogen) atoms. The third-order valence-corrected chi connectivity index (χ3v) is 3.13. The highest BCUT2D eigenvalue weighted by Gasteiger charge is 2.26. The monoisotopic (exact) mass is 266 g/mol. The van der Waals surface area contributed by atoms with Crippen LogP contribution in [0.5, 0.6) is 0 Å². The topological polar surface area (TPSA) is 41.1 Å². The molecule has 0 spiro atoms. The SMILES string of the molecule is CC1CNCC(C(=O)NCCCCC(F)(F)F)C1. The van der Waals surface area contributed by atoms with Gasteiger partial charge in [-0.1, -0.05) is 6.92 Å². The molecule has 2 unspecified atom stereocenters. The lowest BCUT2D eigenvalue weighted by Gasteiger charge is -2.26. The van der Waals surface area contributed by atoms with Crippen molar-refractivity contribution in [1.29, 1.82) is 0 Å². The van der Waals surface area contributed by atoms with Gasteiger partial charge in [-0.25, -0.2) is 0 Å². The first kappa shape index (κ1) is 15.3. The van der Waals surface area contributed by atoms with Crippen LogP contribution in [-0.4, -0.2) is 31.7 Å². The van der Waals surface area contributed by atoms with Crippen LogP contribution in [0.2, 0.25) is 0 Å². The second-order valence-corrected chi connectivity index (χ2v) is 5.06. The Kier molecular flexibility index (Phi) is 5.91. The molecule has 1 heterocycles. The van der Waals surface area contributed by atoms with E-state index >= 15 is 0 Å². The first-order valence-electron chi connectivity index (χ1n) is 6.43. The van der Waals surface area contributed by atoms with E-state index in [1.54, 1.807) is 0 Å². The number of halogens is 3. The molecule has 0 aromatic rings. The number of hydrogen-bond acceptors (Lipinski definition) is 2. The zero-order valence-corrected chi connectivity index (χ0v) is 10.6. The molecule has 106 valence electrons. The van der Waals surface area contributed by atoms with Crippen LogP contribution < -0.4 is 10.6 Å². The van der Waals surface area contributed by atoms with Crippen molar-refractivity contribution in [3.8, 4) is 0 Å². The number of hydrogen-bond donors (Lipinski definition) is 2. The van der Waals surface area contributed by atoms with E-state index in [1.807, 2.05) is 0 Å². The minimum Gasteiger partial charge on any atom is -0.356 e. The molecule has 1 aliphatic heterocycles. The number of alkyl halides is 3. The fourth-order valence-electron chi connectivity index (χ4n) is 2.16. The summed E-state index contributed by atoms with van der Waals surface area (Å²) in [6.45, 7) is 4.00. The van der Waals surface area contributed by atoms with Crippen LogP contribution >= 0.6 is 0 Å². The largest absolute Gasteiger partial charge is 0.389 e. The molecule has 1 rings (SSSR count). The quantitative estimate of drug-likeness (QED) is 0.748. The summed E-state index contributed by atoms with van der Waals surface area (Å²) in [5.74, 6) is 0.386. The lowest BCUT2D eigenvalue weighted by molar-refractivity contribution is -0.135. The van der Waals surface area contributed by atoms with Gasteiger partial charge < -0.3 is 10.6 Å². The second-order valence-electron chi connectivity index (χ2n) is 5.06. The Hall–Kier alpha value is -0.780. The molecule has 3 nitrogen and oxygen atoms in total. The van der Waals surface area contributed by atoms with Crippen LogP contribution in [0.25, 0.3) is 0 Å². The van der Waals surface area contributed by atoms with E-state index in [4.69, 9.17) is 0 Å². The van der Waals surface area contributed by atoms with Gasteiger partial charge in [-0.3, -0.25) is 4.79 Å². The van der Waals surface area contributed by atoms with Gasteiger partial charge >= 0.3 is 6.18 Å². The number of amides is 1. The zero-order chi connectivity index (χ0) is 13.6. The van der Waals surface area contributed by atoms with Gasteiger partial charge in [0.05, 0.1) is 5.92 Å². The minimum atomic E-state index is -4.09. The van der Waals surface area contributed by atoms with E-state index in [1.165, 1.54) is 0 Å². The second kappa shape index (κ2) is 6.97. The van der Waals surface area contributed by atoms with Crippen molar-refractivity contribution in [2.75, 3.05) is 19.6 Å². The summed E-state index contributed by atoms with van der Waals surface area (Å²) in [5.41, 5.74) is 0. The number of carbonyl (C=O) groups is 1. The molecule has 1 amide bonds. The van der Waals surface area contributed by atoms with Crippen molar-refractivity contribution >= 4 is 5.91 Å². The highest BCUT2D eigenvalue weighted by molar-refractivity contribution is 5.78. The molecule has 0 bridgehead atoms. The zero-order valence-electron chi connectivity index (χ0n) is 10.6. The van der Waals surface area contributed by atoms with Crippen molar-refractivity contribution in [3.63, 3.8) is 0 Å². The predicted molar refractivity (Wildman–Crippen MR) is 63.1 cm³/mol. The fraction of sp³-hybridized carbons (Fsp3) is 0.917. The highest BCUT2D eigenvalue weighted by Crippen LogP contribution is 2.22. The van der Waals surface area contributed by atoms with Crippen molar-refractivity contribution in [2.24, 2.45) is 11.8 Å². The van der Waals surface area contributed by atoms with Crippen LogP contribution in [0, 0.1) is 11.8 Å². The first-order chi connectivity index (χ1) is 8.38. The van der Waals surface area contributed by atoms with Gasteiger partial charge in [-0.15, -0.1) is 0 Å². The smallest absolute Gasteiger partial charge is 0.356 e. The van der Waals surface area contributed by atoms with Gasteiger partial charge in [0.2, 0.25) is 5.91 Å². The molecule has 1 saturated heterocycles. The maximum Gasteiger partial charge on any atom is 0.389 e. The third-order valence-electron chi connectivity index (χ3n) is 3.13. The molecule has 2 N–H and O–H groups in total. The summed E-state index contributed by atoms with van der Waals surface area (Å²) in [5, 5.41) is 5.89. The molecular formula is C12H21F3N2O. The molecule has 2 atom stereocenters. The van der Waals surface area contributed by atoms with Gasteiger partial charge in [0.25, 0.3) is 0 Å². The number of rotatable bonds is 5. The summed E-state index contributed by atoms with van der Waals surface area (Å²) >= 11 is 0. The Balaban J connectivity index is 2.10. The van der Waals surface area contributed by atoms with E-state index in [0.717, 1.165) is 13.0 Å².